The fraction of sp³-hybridized carbons (Fsp3) is 0.364. The molecular formula is C22H26ClFN4O2. The molecule has 0 radical (unpaired) electrons. The van der Waals surface area contributed by atoms with Gasteiger partial charge in [0.25, 0.3) is 0 Å². The summed E-state index contributed by atoms with van der Waals surface area (Å²) in [6, 6.07) is 10.2. The summed E-state index contributed by atoms with van der Waals surface area (Å²) >= 11 is 0. The van der Waals surface area contributed by atoms with Gasteiger partial charge in [0.05, 0.1) is 19.7 Å². The molecule has 1 fully saturated rings. The second-order valence-corrected chi connectivity index (χ2v) is 7.12. The maximum absolute atomic E-state index is 13.2. The molecule has 1 saturated heterocycles. The summed E-state index contributed by atoms with van der Waals surface area (Å²) in [5, 5.41) is 4.25. The average Bonchev–Trinajstić information content (AvgIpc) is 2.78. The van der Waals surface area contributed by atoms with Crippen LogP contribution in [0.2, 0.25) is 0 Å². The van der Waals surface area contributed by atoms with Gasteiger partial charge in [-0.3, -0.25) is 0 Å². The second-order valence-electron chi connectivity index (χ2n) is 7.12. The minimum atomic E-state index is -0.245. The van der Waals surface area contributed by atoms with Crippen LogP contribution in [0.25, 0.3) is 10.9 Å². The normalized spacial score (nSPS) is 13.6. The Morgan fingerprint density at radius 2 is 1.63 bits per heavy atom. The number of nitrogens with one attached hydrogen (secondary N) is 1. The third-order valence-corrected chi connectivity index (χ3v) is 5.20. The molecule has 1 aromatic heterocycles. The summed E-state index contributed by atoms with van der Waals surface area (Å²) in [7, 11) is 3.22. The van der Waals surface area contributed by atoms with E-state index in [2.05, 4.69) is 10.2 Å². The summed E-state index contributed by atoms with van der Waals surface area (Å²) in [4.78, 5) is 11.8. The van der Waals surface area contributed by atoms with E-state index < -0.39 is 0 Å². The molecule has 6 nitrogen and oxygen atoms in total. The average molecular weight is 433 g/mol. The Balaban J connectivity index is 0.00000256. The maximum atomic E-state index is 13.2. The molecule has 0 bridgehead atoms. The lowest BCUT2D eigenvalue weighted by Crippen LogP contribution is -2.31. The molecule has 0 spiro atoms. The number of anilines is 2. The van der Waals surface area contributed by atoms with Crippen LogP contribution in [0.4, 0.5) is 16.2 Å². The predicted molar refractivity (Wildman–Crippen MR) is 120 cm³/mol. The highest BCUT2D eigenvalue weighted by Gasteiger charge is 2.18. The molecule has 160 valence electrons. The highest BCUT2D eigenvalue weighted by atomic mass is 35.5. The summed E-state index contributed by atoms with van der Waals surface area (Å²) < 4.78 is 24.1. The molecule has 0 unspecified atom stereocenters. The molecule has 30 heavy (non-hydrogen) atoms. The van der Waals surface area contributed by atoms with Crippen molar-refractivity contribution in [2.24, 2.45) is 0 Å². The van der Waals surface area contributed by atoms with E-state index in [1.165, 1.54) is 18.6 Å². The molecule has 4 rings (SSSR count). The Morgan fingerprint density at radius 3 is 2.30 bits per heavy atom. The number of aromatic nitrogens is 2. The first kappa shape index (κ1) is 21.9. The number of benzene rings is 2. The molecule has 2 heterocycles. The molecule has 1 aliphatic heterocycles. The fourth-order valence-corrected chi connectivity index (χ4v) is 3.60. The summed E-state index contributed by atoms with van der Waals surface area (Å²) in [5.41, 5.74) is 1.76. The van der Waals surface area contributed by atoms with Crippen molar-refractivity contribution in [3.8, 4) is 11.5 Å². The Morgan fingerprint density at radius 1 is 0.967 bits per heavy atom. The Kier molecular flexibility index (Phi) is 7.15. The van der Waals surface area contributed by atoms with Crippen molar-refractivity contribution in [2.45, 2.75) is 25.8 Å². The summed E-state index contributed by atoms with van der Waals surface area (Å²) in [5.74, 6) is 2.45. The Labute approximate surface area is 181 Å². The Bertz CT molecular complexity index is 995. The van der Waals surface area contributed by atoms with E-state index >= 15 is 0 Å². The SMILES string of the molecule is COc1cc2nc(N3CCCCC3)nc(NCc3ccc(F)cc3)c2cc1OC.Cl. The largest absolute Gasteiger partial charge is 0.493 e. The molecule has 1 N–H and O–H groups in total. The van der Waals surface area contributed by atoms with Crippen LogP contribution >= 0.6 is 12.4 Å². The van der Waals surface area contributed by atoms with Crippen molar-refractivity contribution in [1.29, 1.82) is 0 Å². The van der Waals surface area contributed by atoms with E-state index in [0.29, 0.717) is 24.0 Å². The van der Waals surface area contributed by atoms with Gasteiger partial charge in [0.15, 0.2) is 11.5 Å². The minimum Gasteiger partial charge on any atom is -0.493 e. The smallest absolute Gasteiger partial charge is 0.227 e. The van der Waals surface area contributed by atoms with Crippen LogP contribution in [0.1, 0.15) is 24.8 Å². The fourth-order valence-electron chi connectivity index (χ4n) is 3.60. The van der Waals surface area contributed by atoms with Gasteiger partial charge < -0.3 is 19.7 Å². The number of rotatable bonds is 6. The summed E-state index contributed by atoms with van der Waals surface area (Å²) in [6.45, 7) is 2.44. The summed E-state index contributed by atoms with van der Waals surface area (Å²) in [6.07, 6.45) is 3.53. The molecule has 2 aromatic carbocycles. The van der Waals surface area contributed by atoms with E-state index in [9.17, 15) is 4.39 Å². The quantitative estimate of drug-likeness (QED) is 0.603. The van der Waals surface area contributed by atoms with Gasteiger partial charge in [0.1, 0.15) is 11.6 Å². The first-order chi connectivity index (χ1) is 14.2. The zero-order valence-corrected chi connectivity index (χ0v) is 18.0. The predicted octanol–water partition coefficient (Wildman–Crippen LogP) is 4.81. The molecule has 0 aliphatic carbocycles. The van der Waals surface area contributed by atoms with Crippen molar-refractivity contribution in [2.75, 3.05) is 37.5 Å². The minimum absolute atomic E-state index is 0. The van der Waals surface area contributed by atoms with Gasteiger partial charge in [0.2, 0.25) is 5.95 Å². The molecule has 3 aromatic rings. The van der Waals surface area contributed by atoms with E-state index in [-0.39, 0.29) is 18.2 Å². The van der Waals surface area contributed by atoms with E-state index in [0.717, 1.165) is 48.2 Å². The Hall–Kier alpha value is -2.80. The van der Waals surface area contributed by atoms with E-state index in [4.69, 9.17) is 19.4 Å². The van der Waals surface area contributed by atoms with Crippen LogP contribution in [0.3, 0.4) is 0 Å². The van der Waals surface area contributed by atoms with Gasteiger partial charge in [-0.15, -0.1) is 12.4 Å². The van der Waals surface area contributed by atoms with Crippen molar-refractivity contribution in [3.05, 3.63) is 47.8 Å². The maximum Gasteiger partial charge on any atom is 0.227 e. The number of hydrogen-bond acceptors (Lipinski definition) is 6. The first-order valence-corrected chi connectivity index (χ1v) is 9.85. The van der Waals surface area contributed by atoms with Gasteiger partial charge >= 0.3 is 0 Å². The van der Waals surface area contributed by atoms with Gasteiger partial charge in [0, 0.05) is 31.1 Å². The number of fused-ring (bicyclic) bond motifs is 1. The van der Waals surface area contributed by atoms with Crippen LogP contribution < -0.4 is 19.7 Å². The number of piperidine rings is 1. The van der Waals surface area contributed by atoms with Crippen LogP contribution in [0.5, 0.6) is 11.5 Å². The van der Waals surface area contributed by atoms with Crippen LogP contribution in [0, 0.1) is 5.82 Å². The molecular weight excluding hydrogens is 407 g/mol. The highest BCUT2D eigenvalue weighted by Crippen LogP contribution is 2.35. The lowest BCUT2D eigenvalue weighted by atomic mass is 10.1. The van der Waals surface area contributed by atoms with E-state index in [1.54, 1.807) is 26.4 Å². The van der Waals surface area contributed by atoms with Crippen LogP contribution in [-0.4, -0.2) is 37.3 Å². The van der Waals surface area contributed by atoms with Crippen molar-refractivity contribution >= 4 is 35.1 Å². The topological polar surface area (TPSA) is 59.5 Å². The molecule has 8 heteroatoms. The van der Waals surface area contributed by atoms with Crippen molar-refractivity contribution < 1.29 is 13.9 Å². The standard InChI is InChI=1S/C22H25FN4O2.ClH/c1-28-19-12-17-18(13-20(19)29-2)25-22(27-10-4-3-5-11-27)26-21(17)24-14-15-6-8-16(23)9-7-15;/h6-9,12-13H,3-5,10-11,14H2,1-2H3,(H,24,25,26);1H. The van der Waals surface area contributed by atoms with Gasteiger partial charge in [-0.2, -0.15) is 4.98 Å². The number of nitrogens with zero attached hydrogens (tertiary/aromatic N) is 3. The third kappa shape index (κ3) is 4.67. The third-order valence-electron chi connectivity index (χ3n) is 5.20. The monoisotopic (exact) mass is 432 g/mol. The lowest BCUT2D eigenvalue weighted by Gasteiger charge is -2.27. The van der Waals surface area contributed by atoms with Gasteiger partial charge in [-0.25, -0.2) is 9.37 Å². The van der Waals surface area contributed by atoms with Crippen LogP contribution in [0.15, 0.2) is 36.4 Å². The number of methoxy groups -OCH3 is 2. The number of hydrogen-bond donors (Lipinski definition) is 1. The van der Waals surface area contributed by atoms with Crippen molar-refractivity contribution in [1.82, 2.24) is 9.97 Å². The number of ether oxygens (including phenoxy) is 2. The van der Waals surface area contributed by atoms with Crippen LogP contribution in [-0.2, 0) is 6.54 Å². The zero-order valence-electron chi connectivity index (χ0n) is 17.2. The molecule has 0 amide bonds. The molecule has 1 aliphatic rings. The first-order valence-electron chi connectivity index (χ1n) is 9.85. The van der Waals surface area contributed by atoms with Gasteiger partial charge in [-0.1, -0.05) is 12.1 Å². The van der Waals surface area contributed by atoms with Crippen molar-refractivity contribution in [3.63, 3.8) is 0 Å². The molecule has 0 atom stereocenters. The lowest BCUT2D eigenvalue weighted by molar-refractivity contribution is 0.356. The highest BCUT2D eigenvalue weighted by molar-refractivity contribution is 5.92. The second kappa shape index (κ2) is 9.80. The molecule has 0 saturated carbocycles. The zero-order chi connectivity index (χ0) is 20.2. The van der Waals surface area contributed by atoms with Gasteiger partial charge in [-0.05, 0) is 43.0 Å². The number of halogens is 2. The van der Waals surface area contributed by atoms with E-state index in [1.807, 2.05) is 12.1 Å².